The van der Waals surface area contributed by atoms with Gasteiger partial charge in [0.05, 0.1) is 5.69 Å². The molecule has 0 saturated carbocycles. The first-order valence-electron chi connectivity index (χ1n) is 6.15. The smallest absolute Gasteiger partial charge is 0.143 e. The summed E-state index contributed by atoms with van der Waals surface area (Å²) in [6, 6.07) is 18.6. The molecule has 0 amide bonds. The highest BCUT2D eigenvalue weighted by atomic mass is 32.1. The van der Waals surface area contributed by atoms with Gasteiger partial charge in [-0.05, 0) is 35.7 Å². The van der Waals surface area contributed by atoms with E-state index in [0.717, 1.165) is 21.4 Å². The maximum Gasteiger partial charge on any atom is 0.143 e. The summed E-state index contributed by atoms with van der Waals surface area (Å²) in [6.45, 7) is 0. The molecule has 3 aromatic rings. The summed E-state index contributed by atoms with van der Waals surface area (Å²) in [5, 5.41) is 20.2. The molecule has 0 spiro atoms. The Hall–Kier alpha value is -2.33. The van der Waals surface area contributed by atoms with Crippen LogP contribution in [0.5, 0.6) is 5.75 Å². The Kier molecular flexibility index (Phi) is 3.39. The van der Waals surface area contributed by atoms with Crippen molar-refractivity contribution in [2.24, 2.45) is 10.2 Å². The minimum atomic E-state index is 0.123. The van der Waals surface area contributed by atoms with Crippen LogP contribution in [0.2, 0.25) is 0 Å². The molecule has 0 bridgehead atoms. The Balaban J connectivity index is 2.06. The van der Waals surface area contributed by atoms with Crippen molar-refractivity contribution >= 4 is 34.8 Å². The largest absolute Gasteiger partial charge is 0.506 e. The Morgan fingerprint density at radius 3 is 2.35 bits per heavy atom. The number of nitrogens with zero attached hydrogens (tertiary/aromatic N) is 2. The van der Waals surface area contributed by atoms with Gasteiger partial charge in [-0.25, -0.2) is 0 Å². The molecule has 0 atom stereocenters. The van der Waals surface area contributed by atoms with Crippen LogP contribution in [0.15, 0.2) is 75.8 Å². The highest BCUT2D eigenvalue weighted by molar-refractivity contribution is 7.80. The van der Waals surface area contributed by atoms with E-state index in [9.17, 15) is 5.11 Å². The molecule has 3 aromatic carbocycles. The van der Waals surface area contributed by atoms with Crippen molar-refractivity contribution in [2.45, 2.75) is 4.90 Å². The van der Waals surface area contributed by atoms with Crippen LogP contribution in [0, 0.1) is 0 Å². The second kappa shape index (κ2) is 5.35. The van der Waals surface area contributed by atoms with E-state index in [0.29, 0.717) is 5.69 Å². The predicted molar refractivity (Wildman–Crippen MR) is 83.5 cm³/mol. The molecule has 0 unspecified atom stereocenters. The molecule has 4 heteroatoms. The fourth-order valence-electron chi connectivity index (χ4n) is 1.98. The molecule has 3 nitrogen and oxygen atoms in total. The Morgan fingerprint density at radius 2 is 1.55 bits per heavy atom. The van der Waals surface area contributed by atoms with Crippen molar-refractivity contribution in [3.05, 3.63) is 60.7 Å². The second-order valence-electron chi connectivity index (χ2n) is 4.37. The molecule has 0 fully saturated rings. The molecule has 0 heterocycles. The molecule has 0 aliphatic rings. The van der Waals surface area contributed by atoms with Crippen LogP contribution in [-0.4, -0.2) is 5.11 Å². The standard InChI is InChI=1S/C16H12N2OS/c19-15-10-5-11-3-1-2-4-14(11)16(15)18-17-12-6-8-13(20)9-7-12/h1-10,19-20H/b18-17+. The Labute approximate surface area is 122 Å². The molecule has 0 aliphatic carbocycles. The number of phenolic OH excluding ortho intramolecular Hbond substituents is 1. The van der Waals surface area contributed by atoms with Gasteiger partial charge in [-0.2, -0.15) is 5.11 Å². The lowest BCUT2D eigenvalue weighted by molar-refractivity contribution is 0.477. The molecular formula is C16H12N2OS. The van der Waals surface area contributed by atoms with Crippen LogP contribution in [0.25, 0.3) is 10.8 Å². The van der Waals surface area contributed by atoms with E-state index in [4.69, 9.17) is 0 Å². The second-order valence-corrected chi connectivity index (χ2v) is 4.89. The topological polar surface area (TPSA) is 45.0 Å². The van der Waals surface area contributed by atoms with E-state index < -0.39 is 0 Å². The average Bonchev–Trinajstić information content (AvgIpc) is 2.48. The maximum absolute atomic E-state index is 9.96. The monoisotopic (exact) mass is 280 g/mol. The van der Waals surface area contributed by atoms with Crippen LogP contribution in [0.1, 0.15) is 0 Å². The third kappa shape index (κ3) is 2.51. The number of benzene rings is 3. The van der Waals surface area contributed by atoms with Crippen LogP contribution in [0.4, 0.5) is 11.4 Å². The van der Waals surface area contributed by atoms with Crippen molar-refractivity contribution < 1.29 is 5.11 Å². The van der Waals surface area contributed by atoms with Crippen molar-refractivity contribution in [3.63, 3.8) is 0 Å². The summed E-state index contributed by atoms with van der Waals surface area (Å²) < 4.78 is 0. The predicted octanol–water partition coefficient (Wildman–Crippen LogP) is 5.25. The number of hydrogen-bond donors (Lipinski definition) is 2. The van der Waals surface area contributed by atoms with E-state index in [1.807, 2.05) is 54.6 Å². The van der Waals surface area contributed by atoms with Gasteiger partial charge in [0.2, 0.25) is 0 Å². The van der Waals surface area contributed by atoms with E-state index in [-0.39, 0.29) is 5.75 Å². The van der Waals surface area contributed by atoms with Crippen LogP contribution < -0.4 is 0 Å². The third-order valence-corrected chi connectivity index (χ3v) is 3.29. The quantitative estimate of drug-likeness (QED) is 0.488. The number of rotatable bonds is 2. The van der Waals surface area contributed by atoms with Gasteiger partial charge in [0.15, 0.2) is 0 Å². The van der Waals surface area contributed by atoms with Crippen molar-refractivity contribution in [1.29, 1.82) is 0 Å². The minimum absolute atomic E-state index is 0.123. The summed E-state index contributed by atoms with van der Waals surface area (Å²) in [4.78, 5) is 0.872. The maximum atomic E-state index is 9.96. The Morgan fingerprint density at radius 1 is 0.800 bits per heavy atom. The lowest BCUT2D eigenvalue weighted by Crippen LogP contribution is -1.74. The van der Waals surface area contributed by atoms with E-state index in [2.05, 4.69) is 22.9 Å². The average molecular weight is 280 g/mol. The number of azo groups is 1. The first-order valence-corrected chi connectivity index (χ1v) is 6.60. The van der Waals surface area contributed by atoms with Gasteiger partial charge in [0.1, 0.15) is 11.4 Å². The van der Waals surface area contributed by atoms with E-state index in [1.54, 1.807) is 6.07 Å². The summed E-state index contributed by atoms with van der Waals surface area (Å²) >= 11 is 4.22. The molecular weight excluding hydrogens is 268 g/mol. The number of hydrogen-bond acceptors (Lipinski definition) is 4. The van der Waals surface area contributed by atoms with E-state index in [1.165, 1.54) is 0 Å². The molecule has 1 N–H and O–H groups in total. The molecule has 0 saturated heterocycles. The van der Waals surface area contributed by atoms with Gasteiger partial charge in [0, 0.05) is 10.3 Å². The Bertz CT molecular complexity index is 782. The van der Waals surface area contributed by atoms with E-state index >= 15 is 0 Å². The highest BCUT2D eigenvalue weighted by Gasteiger charge is 2.05. The molecule has 20 heavy (non-hydrogen) atoms. The molecule has 98 valence electrons. The lowest BCUT2D eigenvalue weighted by atomic mass is 10.1. The van der Waals surface area contributed by atoms with Gasteiger partial charge in [-0.1, -0.05) is 30.3 Å². The summed E-state index contributed by atoms with van der Waals surface area (Å²) in [5.74, 6) is 0.123. The first kappa shape index (κ1) is 12.7. The fourth-order valence-corrected chi connectivity index (χ4v) is 2.12. The third-order valence-electron chi connectivity index (χ3n) is 2.99. The molecule has 0 aliphatic heterocycles. The normalized spacial score (nSPS) is 11.2. The van der Waals surface area contributed by atoms with Gasteiger partial charge in [-0.15, -0.1) is 17.7 Å². The van der Waals surface area contributed by atoms with Gasteiger partial charge in [-0.3, -0.25) is 0 Å². The van der Waals surface area contributed by atoms with Crippen molar-refractivity contribution in [1.82, 2.24) is 0 Å². The zero-order valence-electron chi connectivity index (χ0n) is 10.6. The van der Waals surface area contributed by atoms with Gasteiger partial charge < -0.3 is 5.11 Å². The number of phenols is 1. The SMILES string of the molecule is Oc1ccc2ccccc2c1/N=N/c1ccc(S)cc1. The van der Waals surface area contributed by atoms with Gasteiger partial charge >= 0.3 is 0 Å². The van der Waals surface area contributed by atoms with Crippen molar-refractivity contribution in [3.8, 4) is 5.75 Å². The highest BCUT2D eigenvalue weighted by Crippen LogP contribution is 2.35. The number of aromatic hydroxyl groups is 1. The van der Waals surface area contributed by atoms with Crippen LogP contribution in [-0.2, 0) is 0 Å². The summed E-state index contributed by atoms with van der Waals surface area (Å²) in [5.41, 5.74) is 1.20. The molecule has 3 rings (SSSR count). The molecule has 0 radical (unpaired) electrons. The van der Waals surface area contributed by atoms with Crippen LogP contribution in [0.3, 0.4) is 0 Å². The lowest BCUT2D eigenvalue weighted by Gasteiger charge is -2.03. The number of fused-ring (bicyclic) bond motifs is 1. The fraction of sp³-hybridized carbons (Fsp3) is 0. The van der Waals surface area contributed by atoms with Crippen molar-refractivity contribution in [2.75, 3.05) is 0 Å². The summed E-state index contributed by atoms with van der Waals surface area (Å²) in [7, 11) is 0. The molecule has 0 aromatic heterocycles. The van der Waals surface area contributed by atoms with Gasteiger partial charge in [0.25, 0.3) is 0 Å². The minimum Gasteiger partial charge on any atom is -0.506 e. The first-order chi connectivity index (χ1) is 9.74. The number of thiol groups is 1. The van der Waals surface area contributed by atoms with Crippen LogP contribution >= 0.6 is 12.6 Å². The zero-order chi connectivity index (χ0) is 13.9. The summed E-state index contributed by atoms with van der Waals surface area (Å²) in [6.07, 6.45) is 0. The zero-order valence-corrected chi connectivity index (χ0v) is 11.5.